The van der Waals surface area contributed by atoms with Crippen LogP contribution in [0, 0.1) is 5.82 Å². The number of nitrogens with two attached hydrogens (primary N) is 2. The van der Waals surface area contributed by atoms with Crippen LogP contribution in [0.3, 0.4) is 0 Å². The largest absolute Gasteiger partial charge is 0.465 e. The van der Waals surface area contributed by atoms with Crippen LogP contribution in [0.4, 0.5) is 15.8 Å². The standard InChI is InChI=1S/C8H9FN2O2/c1-13-8(12)5-2-4(10)3-6(9)7(5)11/h2-3H,10-11H2,1H3. The van der Waals surface area contributed by atoms with Crippen LogP contribution in [-0.2, 0) is 4.74 Å². The van der Waals surface area contributed by atoms with Crippen molar-refractivity contribution in [2.24, 2.45) is 0 Å². The number of halogens is 1. The average molecular weight is 184 g/mol. The van der Waals surface area contributed by atoms with Crippen molar-refractivity contribution in [1.29, 1.82) is 0 Å². The minimum atomic E-state index is -0.722. The van der Waals surface area contributed by atoms with Gasteiger partial charge in [0.1, 0.15) is 5.82 Å². The fraction of sp³-hybridized carbons (Fsp3) is 0.125. The van der Waals surface area contributed by atoms with Crippen molar-refractivity contribution in [2.75, 3.05) is 18.6 Å². The molecule has 70 valence electrons. The molecule has 0 spiro atoms. The van der Waals surface area contributed by atoms with Crippen LogP contribution >= 0.6 is 0 Å². The van der Waals surface area contributed by atoms with Crippen LogP contribution in [-0.4, -0.2) is 13.1 Å². The molecule has 0 aromatic heterocycles. The summed E-state index contributed by atoms with van der Waals surface area (Å²) in [6.45, 7) is 0. The molecule has 4 nitrogen and oxygen atoms in total. The first kappa shape index (κ1) is 9.31. The smallest absolute Gasteiger partial charge is 0.340 e. The first-order chi connectivity index (χ1) is 6.06. The predicted octanol–water partition coefficient (Wildman–Crippen LogP) is 0.777. The van der Waals surface area contributed by atoms with E-state index in [9.17, 15) is 9.18 Å². The Morgan fingerprint density at radius 2 is 2.08 bits per heavy atom. The summed E-state index contributed by atoms with van der Waals surface area (Å²) >= 11 is 0. The molecule has 0 aliphatic rings. The Bertz CT molecular complexity index is 352. The van der Waals surface area contributed by atoms with Crippen LogP contribution in [0.5, 0.6) is 0 Å². The molecule has 0 aliphatic carbocycles. The van der Waals surface area contributed by atoms with Crippen molar-refractivity contribution in [3.8, 4) is 0 Å². The molecule has 0 amide bonds. The third-order valence-corrected chi connectivity index (χ3v) is 1.56. The molecule has 0 fully saturated rings. The number of hydrogen-bond acceptors (Lipinski definition) is 4. The van der Waals surface area contributed by atoms with E-state index < -0.39 is 11.8 Å². The molecular weight excluding hydrogens is 175 g/mol. The van der Waals surface area contributed by atoms with E-state index in [0.29, 0.717) is 0 Å². The highest BCUT2D eigenvalue weighted by Crippen LogP contribution is 2.20. The summed E-state index contributed by atoms with van der Waals surface area (Å²) in [7, 11) is 1.18. The Hall–Kier alpha value is -1.78. The molecule has 4 N–H and O–H groups in total. The Morgan fingerprint density at radius 3 is 2.62 bits per heavy atom. The van der Waals surface area contributed by atoms with E-state index in [-0.39, 0.29) is 16.9 Å². The Balaban J connectivity index is 3.28. The second-order valence-corrected chi connectivity index (χ2v) is 2.46. The second-order valence-electron chi connectivity index (χ2n) is 2.46. The Labute approximate surface area is 74.3 Å². The summed E-state index contributed by atoms with van der Waals surface area (Å²) in [5.41, 5.74) is 10.4. The molecule has 0 bridgehead atoms. The molecule has 0 aliphatic heterocycles. The van der Waals surface area contributed by atoms with Gasteiger partial charge in [-0.2, -0.15) is 0 Å². The van der Waals surface area contributed by atoms with Gasteiger partial charge in [-0.15, -0.1) is 0 Å². The second kappa shape index (κ2) is 3.30. The van der Waals surface area contributed by atoms with Crippen molar-refractivity contribution < 1.29 is 13.9 Å². The van der Waals surface area contributed by atoms with E-state index in [1.807, 2.05) is 0 Å². The lowest BCUT2D eigenvalue weighted by molar-refractivity contribution is 0.0601. The molecule has 1 aromatic rings. The molecule has 0 heterocycles. The van der Waals surface area contributed by atoms with Gasteiger partial charge in [0.15, 0.2) is 0 Å². The van der Waals surface area contributed by atoms with Gasteiger partial charge in [0.05, 0.1) is 18.4 Å². The molecule has 0 unspecified atom stereocenters. The maximum absolute atomic E-state index is 12.9. The highest BCUT2D eigenvalue weighted by atomic mass is 19.1. The SMILES string of the molecule is COC(=O)c1cc(N)cc(F)c1N. The van der Waals surface area contributed by atoms with Crippen molar-refractivity contribution in [3.63, 3.8) is 0 Å². The topological polar surface area (TPSA) is 78.3 Å². The lowest BCUT2D eigenvalue weighted by Crippen LogP contribution is -2.08. The number of rotatable bonds is 1. The molecule has 0 saturated carbocycles. The van der Waals surface area contributed by atoms with Gasteiger partial charge >= 0.3 is 5.97 Å². The molecule has 13 heavy (non-hydrogen) atoms. The summed E-state index contributed by atoms with van der Waals surface area (Å²) in [5.74, 6) is -1.43. The monoisotopic (exact) mass is 184 g/mol. The van der Waals surface area contributed by atoms with Gasteiger partial charge in [-0.1, -0.05) is 0 Å². The molecule has 0 atom stereocenters. The summed E-state index contributed by atoms with van der Waals surface area (Å²) in [4.78, 5) is 11.0. The molecule has 5 heteroatoms. The zero-order valence-electron chi connectivity index (χ0n) is 7.00. The fourth-order valence-corrected chi connectivity index (χ4v) is 0.918. The highest BCUT2D eigenvalue weighted by Gasteiger charge is 2.14. The van der Waals surface area contributed by atoms with Crippen molar-refractivity contribution >= 4 is 17.3 Å². The first-order valence-corrected chi connectivity index (χ1v) is 3.49. The van der Waals surface area contributed by atoms with Gasteiger partial charge in [0.2, 0.25) is 0 Å². The maximum atomic E-state index is 12.9. The Morgan fingerprint density at radius 1 is 1.46 bits per heavy atom. The molecule has 0 radical (unpaired) electrons. The summed E-state index contributed by atoms with van der Waals surface area (Å²) in [6, 6.07) is 2.31. The third-order valence-electron chi connectivity index (χ3n) is 1.56. The Kier molecular flexibility index (Phi) is 2.36. The first-order valence-electron chi connectivity index (χ1n) is 3.49. The van der Waals surface area contributed by atoms with Crippen molar-refractivity contribution in [1.82, 2.24) is 0 Å². The summed E-state index contributed by atoms with van der Waals surface area (Å²) < 4.78 is 17.3. The molecule has 1 aromatic carbocycles. The van der Waals surface area contributed by atoms with E-state index in [4.69, 9.17) is 11.5 Å². The average Bonchev–Trinajstić information content (AvgIpc) is 2.10. The number of ether oxygens (including phenoxy) is 1. The van der Waals surface area contributed by atoms with Gasteiger partial charge < -0.3 is 16.2 Å². The number of hydrogen-bond donors (Lipinski definition) is 2. The highest BCUT2D eigenvalue weighted by molar-refractivity contribution is 5.96. The van der Waals surface area contributed by atoms with Crippen LogP contribution in [0.2, 0.25) is 0 Å². The molecular formula is C8H9FN2O2. The van der Waals surface area contributed by atoms with E-state index in [2.05, 4.69) is 4.74 Å². The van der Waals surface area contributed by atoms with Crippen molar-refractivity contribution in [3.05, 3.63) is 23.5 Å². The van der Waals surface area contributed by atoms with E-state index in [1.54, 1.807) is 0 Å². The van der Waals surface area contributed by atoms with Gasteiger partial charge in [-0.05, 0) is 12.1 Å². The fourth-order valence-electron chi connectivity index (χ4n) is 0.918. The van der Waals surface area contributed by atoms with Gasteiger partial charge in [0.25, 0.3) is 0 Å². The van der Waals surface area contributed by atoms with Gasteiger partial charge in [-0.3, -0.25) is 0 Å². The van der Waals surface area contributed by atoms with E-state index in [0.717, 1.165) is 6.07 Å². The number of methoxy groups -OCH3 is 1. The zero-order chi connectivity index (χ0) is 10.0. The quantitative estimate of drug-likeness (QED) is 0.499. The van der Waals surface area contributed by atoms with Crippen LogP contribution in [0.25, 0.3) is 0 Å². The van der Waals surface area contributed by atoms with Crippen LogP contribution < -0.4 is 11.5 Å². The predicted molar refractivity (Wildman–Crippen MR) is 46.6 cm³/mol. The van der Waals surface area contributed by atoms with Crippen LogP contribution in [0.15, 0.2) is 12.1 Å². The number of carbonyl (C=O) groups excluding carboxylic acids is 1. The molecule has 0 saturated heterocycles. The lowest BCUT2D eigenvalue weighted by atomic mass is 10.1. The van der Waals surface area contributed by atoms with E-state index >= 15 is 0 Å². The van der Waals surface area contributed by atoms with Gasteiger partial charge in [-0.25, -0.2) is 9.18 Å². The van der Waals surface area contributed by atoms with E-state index in [1.165, 1.54) is 13.2 Å². The number of benzene rings is 1. The molecule has 1 rings (SSSR count). The zero-order valence-corrected chi connectivity index (χ0v) is 7.00. The normalized spacial score (nSPS) is 9.69. The number of esters is 1. The number of nitrogen functional groups attached to an aromatic ring is 2. The summed E-state index contributed by atoms with van der Waals surface area (Å²) in [6.07, 6.45) is 0. The maximum Gasteiger partial charge on any atom is 0.340 e. The lowest BCUT2D eigenvalue weighted by Gasteiger charge is -2.05. The minimum absolute atomic E-state index is 0.0556. The summed E-state index contributed by atoms with van der Waals surface area (Å²) in [5, 5.41) is 0. The van der Waals surface area contributed by atoms with Crippen molar-refractivity contribution in [2.45, 2.75) is 0 Å². The van der Waals surface area contributed by atoms with Gasteiger partial charge in [0, 0.05) is 5.69 Å². The number of anilines is 2. The minimum Gasteiger partial charge on any atom is -0.465 e. The number of carbonyl (C=O) groups is 1. The van der Waals surface area contributed by atoms with Crippen LogP contribution in [0.1, 0.15) is 10.4 Å². The third kappa shape index (κ3) is 1.69.